The summed E-state index contributed by atoms with van der Waals surface area (Å²) in [6.07, 6.45) is 0.516. The summed E-state index contributed by atoms with van der Waals surface area (Å²) in [6.45, 7) is 5.78. The minimum atomic E-state index is -0.435. The van der Waals surface area contributed by atoms with Crippen molar-refractivity contribution in [1.82, 2.24) is 6.15 Å². The number of hydrogen-bond donors (Lipinski definition) is 2. The number of aliphatic hydroxyl groups is 1. The average molecular weight is 177 g/mol. The lowest BCUT2D eigenvalue weighted by molar-refractivity contribution is -0.153. The quantitative estimate of drug-likeness (QED) is 0.500. The number of ether oxygens (including phenoxy) is 1. The maximum Gasteiger partial charge on any atom is 0.311 e. The third-order valence-electron chi connectivity index (χ3n) is 1.15. The highest BCUT2D eigenvalue weighted by atomic mass is 16.5. The van der Waals surface area contributed by atoms with Crippen LogP contribution in [0.2, 0.25) is 0 Å². The van der Waals surface area contributed by atoms with Gasteiger partial charge in [0.15, 0.2) is 0 Å². The molecule has 0 unspecified atom stereocenters. The van der Waals surface area contributed by atoms with Crippen molar-refractivity contribution in [2.24, 2.45) is 5.41 Å². The molecule has 0 aliphatic heterocycles. The van der Waals surface area contributed by atoms with Gasteiger partial charge in [0.05, 0.1) is 12.0 Å². The third-order valence-corrected chi connectivity index (χ3v) is 1.15. The molecule has 0 aliphatic rings. The highest BCUT2D eigenvalue weighted by Crippen LogP contribution is 2.14. The molecule has 12 heavy (non-hydrogen) atoms. The van der Waals surface area contributed by atoms with Crippen LogP contribution < -0.4 is 6.15 Å². The van der Waals surface area contributed by atoms with E-state index in [2.05, 4.69) is 0 Å². The van der Waals surface area contributed by atoms with Gasteiger partial charge in [0.2, 0.25) is 0 Å². The van der Waals surface area contributed by atoms with E-state index in [4.69, 9.17) is 9.84 Å². The molecule has 0 aromatic carbocycles. The van der Waals surface area contributed by atoms with Gasteiger partial charge >= 0.3 is 5.97 Å². The molecule has 0 radical (unpaired) electrons. The molecule has 4 nitrogen and oxygen atoms in total. The number of carbonyl (C=O) groups excluding carboxylic acids is 1. The second kappa shape index (κ2) is 5.97. The van der Waals surface area contributed by atoms with E-state index in [-0.39, 0.29) is 18.7 Å². The fourth-order valence-electron chi connectivity index (χ4n) is 0.446. The minimum absolute atomic E-state index is 0. The zero-order chi connectivity index (χ0) is 8.91. The lowest BCUT2D eigenvalue weighted by Crippen LogP contribution is -2.23. The van der Waals surface area contributed by atoms with Gasteiger partial charge in [-0.2, -0.15) is 0 Å². The highest BCUT2D eigenvalue weighted by molar-refractivity contribution is 5.75. The molecule has 0 amide bonds. The van der Waals surface area contributed by atoms with Crippen molar-refractivity contribution in [2.75, 3.05) is 13.2 Å². The van der Waals surface area contributed by atoms with Crippen molar-refractivity contribution in [3.63, 3.8) is 0 Å². The maximum atomic E-state index is 11.0. The molecule has 0 aromatic heterocycles. The summed E-state index contributed by atoms with van der Waals surface area (Å²) in [5, 5.41) is 8.39. The van der Waals surface area contributed by atoms with Crippen LogP contribution in [0.1, 0.15) is 27.2 Å². The summed E-state index contributed by atoms with van der Waals surface area (Å²) in [4.78, 5) is 11.0. The van der Waals surface area contributed by atoms with Crippen molar-refractivity contribution in [3.05, 3.63) is 0 Å². The zero-order valence-electron chi connectivity index (χ0n) is 8.09. The van der Waals surface area contributed by atoms with Gasteiger partial charge in [0.25, 0.3) is 0 Å². The molecule has 0 bridgehead atoms. The fourth-order valence-corrected chi connectivity index (χ4v) is 0.446. The molecule has 0 rings (SSSR count). The fraction of sp³-hybridized carbons (Fsp3) is 0.875. The monoisotopic (exact) mass is 177 g/mol. The lowest BCUT2D eigenvalue weighted by Gasteiger charge is -2.15. The summed E-state index contributed by atoms with van der Waals surface area (Å²) < 4.78 is 4.85. The predicted molar refractivity (Wildman–Crippen MR) is 47.1 cm³/mol. The van der Waals surface area contributed by atoms with E-state index in [0.717, 1.165) is 0 Å². The molecule has 0 aliphatic carbocycles. The van der Waals surface area contributed by atoms with Crippen molar-refractivity contribution < 1.29 is 14.6 Å². The van der Waals surface area contributed by atoms with E-state index in [9.17, 15) is 4.79 Å². The predicted octanol–water partition coefficient (Wildman–Crippen LogP) is 1.12. The van der Waals surface area contributed by atoms with Crippen molar-refractivity contribution in [3.8, 4) is 0 Å². The first-order valence-corrected chi connectivity index (χ1v) is 3.76. The van der Waals surface area contributed by atoms with Crippen LogP contribution in [-0.4, -0.2) is 24.3 Å². The number of rotatable bonds is 3. The molecule has 0 atom stereocenters. The van der Waals surface area contributed by atoms with Gasteiger partial charge in [0, 0.05) is 13.0 Å². The van der Waals surface area contributed by atoms with Crippen LogP contribution in [0.5, 0.6) is 0 Å². The Labute approximate surface area is 73.5 Å². The van der Waals surface area contributed by atoms with E-state index in [1.54, 1.807) is 20.8 Å². The smallest absolute Gasteiger partial charge is 0.311 e. The largest absolute Gasteiger partial charge is 0.465 e. The summed E-state index contributed by atoms with van der Waals surface area (Å²) in [6, 6.07) is 0. The molecule has 74 valence electrons. The summed E-state index contributed by atoms with van der Waals surface area (Å²) in [7, 11) is 0. The molecule has 0 heterocycles. The first-order valence-electron chi connectivity index (χ1n) is 3.76. The molecule has 4 heteroatoms. The molecule has 0 spiro atoms. The van der Waals surface area contributed by atoms with Gasteiger partial charge < -0.3 is 16.0 Å². The Morgan fingerprint density at radius 2 is 1.92 bits per heavy atom. The minimum Gasteiger partial charge on any atom is -0.465 e. The Kier molecular flexibility index (Phi) is 6.94. The van der Waals surface area contributed by atoms with E-state index < -0.39 is 5.41 Å². The Hall–Kier alpha value is -0.610. The lowest BCUT2D eigenvalue weighted by atomic mass is 9.97. The van der Waals surface area contributed by atoms with Gasteiger partial charge in [-0.15, -0.1) is 0 Å². The number of aliphatic hydroxyl groups excluding tert-OH is 1. The van der Waals surface area contributed by atoms with Gasteiger partial charge in [-0.25, -0.2) is 0 Å². The molecule has 0 saturated carbocycles. The van der Waals surface area contributed by atoms with Gasteiger partial charge in [-0.3, -0.25) is 4.79 Å². The Bertz CT molecular complexity index is 129. The maximum absolute atomic E-state index is 11.0. The first-order chi connectivity index (χ1) is 4.98. The van der Waals surface area contributed by atoms with Gasteiger partial charge in [-0.05, 0) is 20.8 Å². The first kappa shape index (κ1) is 13.9. The second-order valence-electron chi connectivity index (χ2n) is 3.46. The summed E-state index contributed by atoms with van der Waals surface area (Å²) in [5.74, 6) is -0.217. The summed E-state index contributed by atoms with van der Waals surface area (Å²) in [5.41, 5.74) is -0.435. The van der Waals surface area contributed by atoms with Crippen LogP contribution in [0.15, 0.2) is 0 Å². The highest BCUT2D eigenvalue weighted by Gasteiger charge is 2.22. The number of carbonyl (C=O) groups is 1. The van der Waals surface area contributed by atoms with Crippen LogP contribution in [0.3, 0.4) is 0 Å². The number of esters is 1. The van der Waals surface area contributed by atoms with Crippen LogP contribution in [0.4, 0.5) is 0 Å². The Balaban J connectivity index is 0. The normalized spacial score (nSPS) is 10.3. The SMILES string of the molecule is CC(C)(C)C(=O)OCCCO.N. The zero-order valence-corrected chi connectivity index (χ0v) is 8.09. The third kappa shape index (κ3) is 6.12. The van der Waals surface area contributed by atoms with Gasteiger partial charge in [-0.1, -0.05) is 0 Å². The second-order valence-corrected chi connectivity index (χ2v) is 3.46. The van der Waals surface area contributed by atoms with Crippen molar-refractivity contribution >= 4 is 5.97 Å². The van der Waals surface area contributed by atoms with E-state index in [1.165, 1.54) is 0 Å². The summed E-state index contributed by atoms with van der Waals surface area (Å²) >= 11 is 0. The molecular weight excluding hydrogens is 158 g/mol. The average Bonchev–Trinajstić information content (AvgIpc) is 1.86. The molecule has 0 saturated heterocycles. The molecule has 0 fully saturated rings. The van der Waals surface area contributed by atoms with Gasteiger partial charge in [0.1, 0.15) is 0 Å². The van der Waals surface area contributed by atoms with Crippen LogP contribution in [0.25, 0.3) is 0 Å². The molecular formula is C8H19NO3. The van der Waals surface area contributed by atoms with Crippen LogP contribution >= 0.6 is 0 Å². The van der Waals surface area contributed by atoms with E-state index >= 15 is 0 Å². The Morgan fingerprint density at radius 3 is 2.25 bits per heavy atom. The van der Waals surface area contributed by atoms with Crippen LogP contribution in [-0.2, 0) is 9.53 Å². The molecule has 4 N–H and O–H groups in total. The number of hydrogen-bond acceptors (Lipinski definition) is 4. The Morgan fingerprint density at radius 1 is 1.42 bits per heavy atom. The van der Waals surface area contributed by atoms with E-state index in [1.807, 2.05) is 0 Å². The van der Waals surface area contributed by atoms with Crippen molar-refractivity contribution in [2.45, 2.75) is 27.2 Å². The standard InChI is InChI=1S/C8H16O3.H3N/c1-8(2,3)7(10)11-6-4-5-9;/h9H,4-6H2,1-3H3;1H3. The van der Waals surface area contributed by atoms with Crippen molar-refractivity contribution in [1.29, 1.82) is 0 Å². The van der Waals surface area contributed by atoms with Crippen LogP contribution in [0, 0.1) is 5.41 Å². The topological polar surface area (TPSA) is 81.5 Å². The molecule has 0 aromatic rings. The van der Waals surface area contributed by atoms with E-state index in [0.29, 0.717) is 13.0 Å².